The van der Waals surface area contributed by atoms with Gasteiger partial charge in [0.2, 0.25) is 0 Å². The highest BCUT2D eigenvalue weighted by Crippen LogP contribution is 2.26. The first-order chi connectivity index (χ1) is 13.3. The second-order valence-electron chi connectivity index (χ2n) is 7.31. The van der Waals surface area contributed by atoms with Gasteiger partial charge in [0, 0.05) is 12.0 Å². The SMILES string of the molecule is CCCCCCCCOc1ccc(-c2nnc(CCCCCCC)s2)cc1. The number of aryl methyl sites for hydroxylation is 1. The normalized spacial score (nSPS) is 11.0. The molecule has 2 aromatic rings. The van der Waals surface area contributed by atoms with Crippen LogP contribution in [-0.2, 0) is 6.42 Å². The van der Waals surface area contributed by atoms with Crippen LogP contribution in [0.15, 0.2) is 24.3 Å². The molecule has 0 aliphatic rings. The van der Waals surface area contributed by atoms with Crippen molar-refractivity contribution < 1.29 is 4.74 Å². The third kappa shape index (κ3) is 8.87. The van der Waals surface area contributed by atoms with E-state index < -0.39 is 0 Å². The molecule has 3 nitrogen and oxygen atoms in total. The van der Waals surface area contributed by atoms with E-state index in [1.54, 1.807) is 11.3 Å². The van der Waals surface area contributed by atoms with Crippen LogP contribution in [0.1, 0.15) is 89.5 Å². The lowest BCUT2D eigenvalue weighted by Crippen LogP contribution is -1.97. The predicted molar refractivity (Wildman–Crippen MR) is 117 cm³/mol. The van der Waals surface area contributed by atoms with Gasteiger partial charge in [-0.3, -0.25) is 0 Å². The fourth-order valence-corrected chi connectivity index (χ4v) is 4.00. The Balaban J connectivity index is 1.68. The zero-order chi connectivity index (χ0) is 19.2. The number of aromatic nitrogens is 2. The molecule has 0 bridgehead atoms. The number of ether oxygens (including phenoxy) is 1. The first-order valence-corrected chi connectivity index (χ1v) is 11.7. The molecule has 2 rings (SSSR count). The maximum atomic E-state index is 5.86. The Hall–Kier alpha value is -1.42. The maximum Gasteiger partial charge on any atom is 0.147 e. The van der Waals surface area contributed by atoms with Crippen LogP contribution in [0.25, 0.3) is 10.6 Å². The van der Waals surface area contributed by atoms with Crippen LogP contribution >= 0.6 is 11.3 Å². The molecule has 0 spiro atoms. The molecular weight excluding hydrogens is 352 g/mol. The standard InChI is InChI=1S/C23H36N2OS/c1-3-5-7-9-11-13-19-26-21-17-15-20(16-18-21)23-25-24-22(27-23)14-12-10-8-6-4-2/h15-18H,3-14,19H2,1-2H3. The average Bonchev–Trinajstić information content (AvgIpc) is 3.16. The van der Waals surface area contributed by atoms with Gasteiger partial charge in [-0.25, -0.2) is 0 Å². The van der Waals surface area contributed by atoms with Crippen molar-refractivity contribution in [3.63, 3.8) is 0 Å². The smallest absolute Gasteiger partial charge is 0.147 e. The third-order valence-corrected chi connectivity index (χ3v) is 5.86. The first-order valence-electron chi connectivity index (χ1n) is 10.9. The van der Waals surface area contributed by atoms with Crippen molar-refractivity contribution in [3.8, 4) is 16.3 Å². The lowest BCUT2D eigenvalue weighted by Gasteiger charge is -2.06. The Morgan fingerprint density at radius 3 is 2.07 bits per heavy atom. The minimum absolute atomic E-state index is 0.812. The van der Waals surface area contributed by atoms with Crippen molar-refractivity contribution in [2.24, 2.45) is 0 Å². The topological polar surface area (TPSA) is 35.0 Å². The molecule has 1 aromatic heterocycles. The quantitative estimate of drug-likeness (QED) is 0.297. The van der Waals surface area contributed by atoms with E-state index in [9.17, 15) is 0 Å². The molecular formula is C23H36N2OS. The largest absolute Gasteiger partial charge is 0.494 e. The lowest BCUT2D eigenvalue weighted by atomic mass is 10.1. The van der Waals surface area contributed by atoms with Crippen molar-refractivity contribution in [1.29, 1.82) is 0 Å². The first kappa shape index (κ1) is 21.9. The maximum absolute atomic E-state index is 5.86. The number of rotatable bonds is 15. The molecule has 0 aliphatic carbocycles. The fraction of sp³-hybridized carbons (Fsp3) is 0.652. The van der Waals surface area contributed by atoms with Crippen molar-refractivity contribution in [1.82, 2.24) is 10.2 Å². The minimum Gasteiger partial charge on any atom is -0.494 e. The molecule has 0 N–H and O–H groups in total. The Labute approximate surface area is 169 Å². The minimum atomic E-state index is 0.812. The summed E-state index contributed by atoms with van der Waals surface area (Å²) in [4.78, 5) is 0. The molecule has 0 unspecified atom stereocenters. The van der Waals surface area contributed by atoms with Crippen LogP contribution in [0.2, 0.25) is 0 Å². The van der Waals surface area contributed by atoms with Gasteiger partial charge in [0.25, 0.3) is 0 Å². The van der Waals surface area contributed by atoms with Crippen molar-refractivity contribution in [3.05, 3.63) is 29.3 Å². The highest BCUT2D eigenvalue weighted by molar-refractivity contribution is 7.14. The molecule has 27 heavy (non-hydrogen) atoms. The van der Waals surface area contributed by atoms with Crippen LogP contribution < -0.4 is 4.74 Å². The van der Waals surface area contributed by atoms with Crippen molar-refractivity contribution in [2.45, 2.75) is 90.9 Å². The number of hydrogen-bond acceptors (Lipinski definition) is 4. The van der Waals surface area contributed by atoms with E-state index in [-0.39, 0.29) is 0 Å². The van der Waals surface area contributed by atoms with E-state index >= 15 is 0 Å². The van der Waals surface area contributed by atoms with E-state index in [1.165, 1.54) is 64.2 Å². The number of benzene rings is 1. The lowest BCUT2D eigenvalue weighted by molar-refractivity contribution is 0.304. The zero-order valence-electron chi connectivity index (χ0n) is 17.2. The molecule has 0 fully saturated rings. The average molecular weight is 389 g/mol. The van der Waals surface area contributed by atoms with Crippen molar-refractivity contribution >= 4 is 11.3 Å². The van der Waals surface area contributed by atoms with E-state index in [0.717, 1.165) is 40.8 Å². The molecule has 150 valence electrons. The summed E-state index contributed by atoms with van der Waals surface area (Å²) in [5.74, 6) is 0.952. The van der Waals surface area contributed by atoms with E-state index in [0.29, 0.717) is 0 Å². The van der Waals surface area contributed by atoms with Gasteiger partial charge in [-0.2, -0.15) is 0 Å². The van der Waals surface area contributed by atoms with Gasteiger partial charge in [-0.05, 0) is 37.1 Å². The molecule has 1 heterocycles. The second-order valence-corrected chi connectivity index (χ2v) is 8.37. The third-order valence-electron chi connectivity index (χ3n) is 4.83. The molecule has 0 atom stereocenters. The van der Waals surface area contributed by atoms with Crippen LogP contribution in [0.3, 0.4) is 0 Å². The predicted octanol–water partition coefficient (Wildman–Crippen LogP) is 7.46. The molecule has 4 heteroatoms. The van der Waals surface area contributed by atoms with Gasteiger partial charge in [0.15, 0.2) is 0 Å². The molecule has 1 aromatic carbocycles. The monoisotopic (exact) mass is 388 g/mol. The van der Waals surface area contributed by atoms with Crippen LogP contribution in [-0.4, -0.2) is 16.8 Å². The molecule has 0 saturated heterocycles. The summed E-state index contributed by atoms with van der Waals surface area (Å²) >= 11 is 1.72. The van der Waals surface area contributed by atoms with Gasteiger partial charge in [0.05, 0.1) is 6.61 Å². The molecule has 0 radical (unpaired) electrons. The summed E-state index contributed by atoms with van der Waals surface area (Å²) in [6, 6.07) is 8.31. The summed E-state index contributed by atoms with van der Waals surface area (Å²) in [7, 11) is 0. The molecule has 0 saturated carbocycles. The second kappa shape index (κ2) is 13.7. The van der Waals surface area contributed by atoms with Crippen LogP contribution in [0, 0.1) is 0 Å². The molecule has 0 aliphatic heterocycles. The summed E-state index contributed by atoms with van der Waals surface area (Å²) in [5, 5.41) is 10.9. The highest BCUT2D eigenvalue weighted by Gasteiger charge is 2.07. The van der Waals surface area contributed by atoms with Crippen LogP contribution in [0.4, 0.5) is 0 Å². The zero-order valence-corrected chi connectivity index (χ0v) is 18.0. The van der Waals surface area contributed by atoms with Gasteiger partial charge in [-0.15, -0.1) is 10.2 Å². The van der Waals surface area contributed by atoms with Crippen molar-refractivity contribution in [2.75, 3.05) is 6.61 Å². The Morgan fingerprint density at radius 1 is 0.741 bits per heavy atom. The summed E-state index contributed by atoms with van der Waals surface area (Å²) in [6.07, 6.45) is 15.3. The van der Waals surface area contributed by atoms with Gasteiger partial charge < -0.3 is 4.74 Å². The molecule has 0 amide bonds. The Kier molecular flexibility index (Phi) is 11.1. The van der Waals surface area contributed by atoms with E-state index in [1.807, 2.05) is 0 Å². The number of unbranched alkanes of at least 4 members (excludes halogenated alkanes) is 9. The summed E-state index contributed by atoms with van der Waals surface area (Å²) in [5.41, 5.74) is 1.14. The van der Waals surface area contributed by atoms with Gasteiger partial charge >= 0.3 is 0 Å². The summed E-state index contributed by atoms with van der Waals surface area (Å²) < 4.78 is 5.86. The van der Waals surface area contributed by atoms with Gasteiger partial charge in [-0.1, -0.05) is 83.0 Å². The van der Waals surface area contributed by atoms with Gasteiger partial charge in [0.1, 0.15) is 15.8 Å². The summed E-state index contributed by atoms with van der Waals surface area (Å²) in [6.45, 7) is 5.32. The number of nitrogens with zero attached hydrogens (tertiary/aromatic N) is 2. The van der Waals surface area contributed by atoms with Crippen LogP contribution in [0.5, 0.6) is 5.75 Å². The number of hydrogen-bond donors (Lipinski definition) is 0. The Bertz CT molecular complexity index is 609. The fourth-order valence-electron chi connectivity index (χ4n) is 3.12. The van der Waals surface area contributed by atoms with E-state index in [4.69, 9.17) is 4.74 Å². The van der Waals surface area contributed by atoms with E-state index in [2.05, 4.69) is 48.3 Å². The Morgan fingerprint density at radius 2 is 1.37 bits per heavy atom. The highest BCUT2D eigenvalue weighted by atomic mass is 32.1.